The summed E-state index contributed by atoms with van der Waals surface area (Å²) in [7, 11) is 0. The summed E-state index contributed by atoms with van der Waals surface area (Å²) < 4.78 is 0. The van der Waals surface area contributed by atoms with Gasteiger partial charge in [0, 0.05) is 11.1 Å². The first-order chi connectivity index (χ1) is 9.99. The van der Waals surface area contributed by atoms with E-state index >= 15 is 0 Å². The molecular weight excluding hydrogens is 282 g/mol. The summed E-state index contributed by atoms with van der Waals surface area (Å²) in [5, 5.41) is 8.73. The van der Waals surface area contributed by atoms with Crippen molar-refractivity contribution in [2.45, 2.75) is 40.2 Å². The molecule has 0 saturated heterocycles. The standard InChI is InChI=1S/C16H21N3OS/c1-5-14(15(20)19-16-17-12(4)9-21-16)18-13-7-6-10(2)11(3)8-13/h6-9,14,18H,5H2,1-4H3,(H,17,19,20)/t14-/m1/s1. The molecule has 0 radical (unpaired) electrons. The fourth-order valence-electron chi connectivity index (χ4n) is 1.99. The van der Waals surface area contributed by atoms with Crippen molar-refractivity contribution in [2.24, 2.45) is 0 Å². The van der Waals surface area contributed by atoms with Gasteiger partial charge in [-0.15, -0.1) is 11.3 Å². The fourth-order valence-corrected chi connectivity index (χ4v) is 2.68. The van der Waals surface area contributed by atoms with E-state index in [0.29, 0.717) is 11.6 Å². The quantitative estimate of drug-likeness (QED) is 0.881. The van der Waals surface area contributed by atoms with E-state index in [4.69, 9.17) is 0 Å². The van der Waals surface area contributed by atoms with Crippen LogP contribution in [-0.2, 0) is 4.79 Å². The highest BCUT2D eigenvalue weighted by Gasteiger charge is 2.17. The third kappa shape index (κ3) is 4.04. The monoisotopic (exact) mass is 303 g/mol. The van der Waals surface area contributed by atoms with E-state index in [0.717, 1.165) is 11.4 Å². The average molecular weight is 303 g/mol. The summed E-state index contributed by atoms with van der Waals surface area (Å²) in [5.41, 5.74) is 4.35. The molecule has 0 aliphatic rings. The van der Waals surface area contributed by atoms with Gasteiger partial charge in [0.25, 0.3) is 0 Å². The molecule has 1 atom stereocenters. The molecule has 0 spiro atoms. The van der Waals surface area contributed by atoms with Gasteiger partial charge in [0.05, 0.1) is 5.69 Å². The van der Waals surface area contributed by atoms with Crippen LogP contribution in [0.5, 0.6) is 0 Å². The lowest BCUT2D eigenvalue weighted by Gasteiger charge is -2.18. The van der Waals surface area contributed by atoms with E-state index < -0.39 is 0 Å². The highest BCUT2D eigenvalue weighted by atomic mass is 32.1. The van der Waals surface area contributed by atoms with E-state index in [1.807, 2.05) is 25.3 Å². The Morgan fingerprint density at radius 1 is 1.29 bits per heavy atom. The summed E-state index contributed by atoms with van der Waals surface area (Å²) >= 11 is 1.45. The second kappa shape index (κ2) is 6.72. The molecule has 21 heavy (non-hydrogen) atoms. The number of amides is 1. The van der Waals surface area contributed by atoms with Gasteiger partial charge in [0.2, 0.25) is 5.91 Å². The summed E-state index contributed by atoms with van der Waals surface area (Å²) in [6.07, 6.45) is 0.711. The van der Waals surface area contributed by atoms with Crippen molar-refractivity contribution in [3.05, 3.63) is 40.4 Å². The predicted octanol–water partition coefficient (Wildman–Crippen LogP) is 3.90. The van der Waals surface area contributed by atoms with E-state index in [1.54, 1.807) is 0 Å². The lowest BCUT2D eigenvalue weighted by molar-refractivity contribution is -0.116. The van der Waals surface area contributed by atoms with Crippen molar-refractivity contribution in [3.63, 3.8) is 0 Å². The Balaban J connectivity index is 2.04. The number of hydrogen-bond donors (Lipinski definition) is 2. The molecular formula is C16H21N3OS. The Labute approximate surface area is 129 Å². The summed E-state index contributed by atoms with van der Waals surface area (Å²) in [6, 6.07) is 5.87. The van der Waals surface area contributed by atoms with Crippen LogP contribution in [0.3, 0.4) is 0 Å². The molecule has 1 heterocycles. The number of carbonyl (C=O) groups is 1. The Morgan fingerprint density at radius 3 is 2.62 bits per heavy atom. The third-order valence-electron chi connectivity index (χ3n) is 3.42. The van der Waals surface area contributed by atoms with Crippen LogP contribution in [-0.4, -0.2) is 16.9 Å². The number of benzene rings is 1. The van der Waals surface area contributed by atoms with Crippen LogP contribution in [0.1, 0.15) is 30.2 Å². The van der Waals surface area contributed by atoms with Gasteiger partial charge in [0.1, 0.15) is 6.04 Å². The first-order valence-electron chi connectivity index (χ1n) is 7.06. The van der Waals surface area contributed by atoms with Crippen LogP contribution in [0.15, 0.2) is 23.6 Å². The normalized spacial score (nSPS) is 12.0. The SMILES string of the molecule is CC[C@@H](Nc1ccc(C)c(C)c1)C(=O)Nc1nc(C)cs1. The first kappa shape index (κ1) is 15.5. The number of aromatic nitrogens is 1. The predicted molar refractivity (Wildman–Crippen MR) is 89.1 cm³/mol. The zero-order chi connectivity index (χ0) is 15.4. The second-order valence-corrected chi connectivity index (χ2v) is 6.05. The van der Waals surface area contributed by atoms with Crippen LogP contribution >= 0.6 is 11.3 Å². The summed E-state index contributed by atoms with van der Waals surface area (Å²) in [5.74, 6) is -0.0509. The first-order valence-corrected chi connectivity index (χ1v) is 7.94. The molecule has 2 N–H and O–H groups in total. The van der Waals surface area contributed by atoms with E-state index in [-0.39, 0.29) is 11.9 Å². The number of aryl methyl sites for hydroxylation is 3. The van der Waals surface area contributed by atoms with Crippen molar-refractivity contribution < 1.29 is 4.79 Å². The minimum atomic E-state index is -0.267. The number of rotatable bonds is 5. The zero-order valence-electron chi connectivity index (χ0n) is 12.9. The Morgan fingerprint density at radius 2 is 2.05 bits per heavy atom. The maximum Gasteiger partial charge on any atom is 0.248 e. The number of carbonyl (C=O) groups excluding carboxylic acids is 1. The molecule has 2 aromatic rings. The van der Waals surface area contributed by atoms with Crippen LogP contribution in [0.2, 0.25) is 0 Å². The zero-order valence-corrected chi connectivity index (χ0v) is 13.7. The Bertz CT molecular complexity index is 636. The third-order valence-corrected chi connectivity index (χ3v) is 4.30. The lowest BCUT2D eigenvalue weighted by Crippen LogP contribution is -2.34. The molecule has 1 aromatic heterocycles. The molecule has 0 bridgehead atoms. The molecule has 0 saturated carbocycles. The van der Waals surface area contributed by atoms with Gasteiger partial charge in [-0.25, -0.2) is 4.98 Å². The molecule has 0 fully saturated rings. The van der Waals surface area contributed by atoms with Gasteiger partial charge < -0.3 is 10.6 Å². The molecule has 1 amide bonds. The van der Waals surface area contributed by atoms with Gasteiger partial charge in [-0.05, 0) is 50.5 Å². The molecule has 0 aliphatic heterocycles. The Hall–Kier alpha value is -1.88. The fraction of sp³-hybridized carbons (Fsp3) is 0.375. The maximum absolute atomic E-state index is 12.3. The lowest BCUT2D eigenvalue weighted by atomic mass is 10.1. The minimum absolute atomic E-state index is 0.0509. The van der Waals surface area contributed by atoms with Crippen molar-refractivity contribution in [3.8, 4) is 0 Å². The second-order valence-electron chi connectivity index (χ2n) is 5.19. The average Bonchev–Trinajstić information content (AvgIpc) is 2.85. The van der Waals surface area contributed by atoms with Gasteiger partial charge in [-0.1, -0.05) is 13.0 Å². The number of anilines is 2. The molecule has 112 valence electrons. The van der Waals surface area contributed by atoms with E-state index in [1.165, 1.54) is 22.5 Å². The smallest absolute Gasteiger partial charge is 0.248 e. The van der Waals surface area contributed by atoms with Crippen LogP contribution < -0.4 is 10.6 Å². The highest BCUT2D eigenvalue weighted by Crippen LogP contribution is 2.18. The van der Waals surface area contributed by atoms with Crippen LogP contribution in [0.25, 0.3) is 0 Å². The summed E-state index contributed by atoms with van der Waals surface area (Å²) in [4.78, 5) is 16.6. The Kier molecular flexibility index (Phi) is 4.96. The van der Waals surface area contributed by atoms with E-state index in [2.05, 4.69) is 41.6 Å². The van der Waals surface area contributed by atoms with Gasteiger partial charge in [-0.2, -0.15) is 0 Å². The van der Waals surface area contributed by atoms with Gasteiger partial charge >= 0.3 is 0 Å². The van der Waals surface area contributed by atoms with Crippen molar-refractivity contribution >= 4 is 28.1 Å². The number of nitrogens with one attached hydrogen (secondary N) is 2. The number of thiazole rings is 1. The highest BCUT2D eigenvalue weighted by molar-refractivity contribution is 7.13. The minimum Gasteiger partial charge on any atom is -0.374 e. The van der Waals surface area contributed by atoms with E-state index in [9.17, 15) is 4.79 Å². The maximum atomic E-state index is 12.3. The molecule has 1 aromatic carbocycles. The number of hydrogen-bond acceptors (Lipinski definition) is 4. The van der Waals surface area contributed by atoms with Crippen molar-refractivity contribution in [1.82, 2.24) is 4.98 Å². The molecule has 4 nitrogen and oxygen atoms in total. The molecule has 0 unspecified atom stereocenters. The van der Waals surface area contributed by atoms with Crippen LogP contribution in [0.4, 0.5) is 10.8 Å². The van der Waals surface area contributed by atoms with Crippen molar-refractivity contribution in [2.75, 3.05) is 10.6 Å². The van der Waals surface area contributed by atoms with Crippen molar-refractivity contribution in [1.29, 1.82) is 0 Å². The van der Waals surface area contributed by atoms with Crippen LogP contribution in [0, 0.1) is 20.8 Å². The largest absolute Gasteiger partial charge is 0.374 e. The molecule has 5 heteroatoms. The topological polar surface area (TPSA) is 54.0 Å². The number of nitrogens with zero attached hydrogens (tertiary/aromatic N) is 1. The van der Waals surface area contributed by atoms with Gasteiger partial charge in [0.15, 0.2) is 5.13 Å². The summed E-state index contributed by atoms with van der Waals surface area (Å²) in [6.45, 7) is 8.05. The van der Waals surface area contributed by atoms with Gasteiger partial charge in [-0.3, -0.25) is 4.79 Å². The molecule has 0 aliphatic carbocycles. The molecule has 2 rings (SSSR count).